The molecule has 0 N–H and O–H groups in total. The number of hydrogen-bond acceptors (Lipinski definition) is 2. The van der Waals surface area contributed by atoms with Crippen molar-refractivity contribution in [3.63, 3.8) is 0 Å². The van der Waals surface area contributed by atoms with E-state index in [1.807, 2.05) is 26.0 Å². The van der Waals surface area contributed by atoms with Crippen LogP contribution >= 0.6 is 0 Å². The highest BCUT2D eigenvalue weighted by molar-refractivity contribution is 5.47. The van der Waals surface area contributed by atoms with Crippen LogP contribution in [-0.4, -0.2) is 6.61 Å². The van der Waals surface area contributed by atoms with E-state index in [0.29, 0.717) is 11.5 Å². The van der Waals surface area contributed by atoms with Gasteiger partial charge >= 0.3 is 0 Å². The summed E-state index contributed by atoms with van der Waals surface area (Å²) in [5, 5.41) is 8.84. The molecule has 0 unspecified atom stereocenters. The molecule has 1 aromatic carbocycles. The molecule has 1 aromatic rings. The SMILES string of the molecule is Cc1cc(C#N)cc(C)c1OCCC(C)C. The smallest absolute Gasteiger partial charge is 0.125 e. The Morgan fingerprint density at radius 1 is 1.25 bits per heavy atom. The lowest BCUT2D eigenvalue weighted by atomic mass is 10.1. The predicted octanol–water partition coefficient (Wildman–Crippen LogP) is 3.60. The quantitative estimate of drug-likeness (QED) is 0.772. The minimum absolute atomic E-state index is 0.652. The monoisotopic (exact) mass is 217 g/mol. The van der Waals surface area contributed by atoms with Crippen LogP contribution in [0.2, 0.25) is 0 Å². The van der Waals surface area contributed by atoms with Crippen LogP contribution in [0.1, 0.15) is 37.0 Å². The maximum atomic E-state index is 8.84. The summed E-state index contributed by atoms with van der Waals surface area (Å²) < 4.78 is 5.77. The summed E-state index contributed by atoms with van der Waals surface area (Å²) in [5.41, 5.74) is 2.78. The average molecular weight is 217 g/mol. The molecule has 0 aliphatic heterocycles. The van der Waals surface area contributed by atoms with Crippen LogP contribution in [0, 0.1) is 31.1 Å². The Bertz CT molecular complexity index is 379. The van der Waals surface area contributed by atoms with E-state index in [1.165, 1.54) is 0 Å². The Labute approximate surface area is 97.9 Å². The standard InChI is InChI=1S/C14H19NO/c1-10(2)5-6-16-14-11(3)7-13(9-15)8-12(14)4/h7-8,10H,5-6H2,1-4H3. The lowest BCUT2D eigenvalue weighted by molar-refractivity contribution is 0.286. The average Bonchev–Trinajstić information content (AvgIpc) is 2.21. The van der Waals surface area contributed by atoms with Crippen molar-refractivity contribution in [3.8, 4) is 11.8 Å². The van der Waals surface area contributed by atoms with Crippen LogP contribution in [0.5, 0.6) is 5.75 Å². The summed E-state index contributed by atoms with van der Waals surface area (Å²) >= 11 is 0. The minimum atomic E-state index is 0.652. The van der Waals surface area contributed by atoms with Crippen LogP contribution < -0.4 is 4.74 Å². The molecule has 0 atom stereocenters. The molecular formula is C14H19NO. The van der Waals surface area contributed by atoms with Crippen molar-refractivity contribution >= 4 is 0 Å². The van der Waals surface area contributed by atoms with Gasteiger partial charge in [-0.25, -0.2) is 0 Å². The van der Waals surface area contributed by atoms with Gasteiger partial charge in [-0.1, -0.05) is 13.8 Å². The fourth-order valence-corrected chi connectivity index (χ4v) is 1.64. The Balaban J connectivity index is 2.77. The fraction of sp³-hybridized carbons (Fsp3) is 0.500. The van der Waals surface area contributed by atoms with Crippen molar-refractivity contribution in [2.24, 2.45) is 5.92 Å². The molecule has 1 rings (SSSR count). The first-order valence-corrected chi connectivity index (χ1v) is 5.68. The van der Waals surface area contributed by atoms with Crippen molar-refractivity contribution in [2.75, 3.05) is 6.61 Å². The first-order valence-electron chi connectivity index (χ1n) is 5.68. The Morgan fingerprint density at radius 2 is 1.81 bits per heavy atom. The highest BCUT2D eigenvalue weighted by Gasteiger charge is 2.06. The van der Waals surface area contributed by atoms with Crippen molar-refractivity contribution < 1.29 is 4.74 Å². The lowest BCUT2D eigenvalue weighted by Crippen LogP contribution is -2.04. The molecule has 0 spiro atoms. The zero-order valence-electron chi connectivity index (χ0n) is 10.5. The third-order valence-electron chi connectivity index (χ3n) is 2.53. The number of ether oxygens (including phenoxy) is 1. The van der Waals surface area contributed by atoms with E-state index in [-0.39, 0.29) is 0 Å². The van der Waals surface area contributed by atoms with E-state index in [9.17, 15) is 0 Å². The molecule has 0 radical (unpaired) electrons. The van der Waals surface area contributed by atoms with Gasteiger partial charge in [0.2, 0.25) is 0 Å². The first kappa shape index (κ1) is 12.6. The van der Waals surface area contributed by atoms with Crippen molar-refractivity contribution in [1.29, 1.82) is 5.26 Å². The second-order valence-electron chi connectivity index (χ2n) is 4.58. The molecule has 0 amide bonds. The molecule has 0 fully saturated rings. The molecule has 0 aliphatic rings. The lowest BCUT2D eigenvalue weighted by Gasteiger charge is -2.13. The summed E-state index contributed by atoms with van der Waals surface area (Å²) in [5.74, 6) is 1.58. The molecule has 0 saturated carbocycles. The number of aryl methyl sites for hydroxylation is 2. The van der Waals surface area contributed by atoms with Crippen LogP contribution in [-0.2, 0) is 0 Å². The Morgan fingerprint density at radius 3 is 2.25 bits per heavy atom. The van der Waals surface area contributed by atoms with E-state index >= 15 is 0 Å². The summed E-state index contributed by atoms with van der Waals surface area (Å²) in [7, 11) is 0. The number of hydrogen-bond donors (Lipinski definition) is 0. The third kappa shape index (κ3) is 3.27. The molecule has 0 heterocycles. The third-order valence-corrected chi connectivity index (χ3v) is 2.53. The fourth-order valence-electron chi connectivity index (χ4n) is 1.64. The number of benzene rings is 1. The van der Waals surface area contributed by atoms with Crippen molar-refractivity contribution in [3.05, 3.63) is 28.8 Å². The van der Waals surface area contributed by atoms with Gasteiger partial charge in [0.15, 0.2) is 0 Å². The predicted molar refractivity (Wildman–Crippen MR) is 65.6 cm³/mol. The van der Waals surface area contributed by atoms with E-state index in [1.54, 1.807) is 0 Å². The van der Waals surface area contributed by atoms with Crippen LogP contribution in [0.25, 0.3) is 0 Å². The largest absolute Gasteiger partial charge is 0.493 e. The normalized spacial score (nSPS) is 10.2. The molecular weight excluding hydrogens is 198 g/mol. The molecule has 16 heavy (non-hydrogen) atoms. The van der Waals surface area contributed by atoms with Gasteiger partial charge in [-0.15, -0.1) is 0 Å². The van der Waals surface area contributed by atoms with Crippen LogP contribution in [0.3, 0.4) is 0 Å². The van der Waals surface area contributed by atoms with Gasteiger partial charge in [-0.3, -0.25) is 0 Å². The van der Waals surface area contributed by atoms with Crippen molar-refractivity contribution in [2.45, 2.75) is 34.1 Å². The van der Waals surface area contributed by atoms with Gasteiger partial charge in [0.1, 0.15) is 5.75 Å². The summed E-state index contributed by atoms with van der Waals surface area (Å²) in [6, 6.07) is 5.90. The van der Waals surface area contributed by atoms with Gasteiger partial charge in [0, 0.05) is 0 Å². The minimum Gasteiger partial charge on any atom is -0.493 e. The van der Waals surface area contributed by atoms with E-state index in [4.69, 9.17) is 10.00 Å². The van der Waals surface area contributed by atoms with Gasteiger partial charge in [0.05, 0.1) is 18.2 Å². The Hall–Kier alpha value is -1.49. The molecule has 0 aromatic heterocycles. The highest BCUT2D eigenvalue weighted by Crippen LogP contribution is 2.24. The van der Waals surface area contributed by atoms with E-state index in [2.05, 4.69) is 19.9 Å². The molecule has 86 valence electrons. The zero-order chi connectivity index (χ0) is 12.1. The van der Waals surface area contributed by atoms with Gasteiger partial charge in [0.25, 0.3) is 0 Å². The van der Waals surface area contributed by atoms with E-state index < -0.39 is 0 Å². The topological polar surface area (TPSA) is 33.0 Å². The van der Waals surface area contributed by atoms with E-state index in [0.717, 1.165) is 29.9 Å². The summed E-state index contributed by atoms with van der Waals surface area (Å²) in [6.07, 6.45) is 1.05. The number of nitriles is 1. The number of nitrogens with zero attached hydrogens (tertiary/aromatic N) is 1. The molecule has 0 bridgehead atoms. The molecule has 0 aliphatic carbocycles. The molecule has 0 saturated heterocycles. The highest BCUT2D eigenvalue weighted by atomic mass is 16.5. The van der Waals surface area contributed by atoms with Gasteiger partial charge < -0.3 is 4.74 Å². The second-order valence-corrected chi connectivity index (χ2v) is 4.58. The van der Waals surface area contributed by atoms with Gasteiger partial charge in [-0.05, 0) is 49.4 Å². The maximum Gasteiger partial charge on any atom is 0.125 e. The molecule has 2 nitrogen and oxygen atoms in total. The maximum absolute atomic E-state index is 8.84. The summed E-state index contributed by atoms with van der Waals surface area (Å²) in [6.45, 7) is 9.08. The second kappa shape index (κ2) is 5.55. The van der Waals surface area contributed by atoms with Gasteiger partial charge in [-0.2, -0.15) is 5.26 Å². The zero-order valence-corrected chi connectivity index (χ0v) is 10.5. The number of rotatable bonds is 4. The first-order chi connectivity index (χ1) is 7.54. The summed E-state index contributed by atoms with van der Waals surface area (Å²) in [4.78, 5) is 0. The van der Waals surface area contributed by atoms with Crippen molar-refractivity contribution in [1.82, 2.24) is 0 Å². The van der Waals surface area contributed by atoms with Crippen LogP contribution in [0.15, 0.2) is 12.1 Å². The Kier molecular flexibility index (Phi) is 4.37. The van der Waals surface area contributed by atoms with Crippen LogP contribution in [0.4, 0.5) is 0 Å². The molecule has 2 heteroatoms.